The van der Waals surface area contributed by atoms with Crippen molar-refractivity contribution in [1.29, 1.82) is 0 Å². The van der Waals surface area contributed by atoms with Gasteiger partial charge in [0.1, 0.15) is 28.4 Å². The second-order valence-electron chi connectivity index (χ2n) is 8.33. The van der Waals surface area contributed by atoms with Crippen LogP contribution in [0, 0.1) is 41.5 Å². The number of aromatic hydroxyl groups is 3. The summed E-state index contributed by atoms with van der Waals surface area (Å²) in [6.45, 7) is 10.3. The van der Waals surface area contributed by atoms with Crippen molar-refractivity contribution in [3.63, 3.8) is 0 Å². The molecule has 37 heavy (non-hydrogen) atoms. The van der Waals surface area contributed by atoms with E-state index in [4.69, 9.17) is 10.2 Å². The summed E-state index contributed by atoms with van der Waals surface area (Å²) in [5.74, 6) is -4.04. The van der Waals surface area contributed by atoms with Gasteiger partial charge in [-0.3, -0.25) is 0 Å². The summed E-state index contributed by atoms with van der Waals surface area (Å²) in [4.78, 5) is 31.6. The number of aromatic carboxylic acids is 3. The summed E-state index contributed by atoms with van der Waals surface area (Å²) in [6, 6.07) is 9.47. The van der Waals surface area contributed by atoms with Crippen molar-refractivity contribution in [3.05, 3.63) is 86.5 Å². The van der Waals surface area contributed by atoms with Gasteiger partial charge in [-0.2, -0.15) is 0 Å². The topological polar surface area (TPSA) is 175 Å². The molecule has 10 heteroatoms. The van der Waals surface area contributed by atoms with Gasteiger partial charge in [0.2, 0.25) is 0 Å². The van der Waals surface area contributed by atoms with Crippen LogP contribution in [0.2, 0.25) is 0 Å². The zero-order valence-electron chi connectivity index (χ0n) is 21.3. The predicted molar refractivity (Wildman–Crippen MR) is 131 cm³/mol. The molecule has 0 heterocycles. The van der Waals surface area contributed by atoms with Crippen LogP contribution in [0.4, 0.5) is 0 Å². The number of rotatable bonds is 3. The number of benzene rings is 3. The second-order valence-corrected chi connectivity index (χ2v) is 8.33. The summed E-state index contributed by atoms with van der Waals surface area (Å²) in [7, 11) is 0. The Balaban J connectivity index is 0.000000518. The Kier molecular flexibility index (Phi) is 12.8. The minimum atomic E-state index is -1.35. The van der Waals surface area contributed by atoms with Gasteiger partial charge in [-0.25, -0.2) is 9.59 Å². The van der Waals surface area contributed by atoms with Crippen LogP contribution in [0.5, 0.6) is 17.2 Å². The fraction of sp³-hybridized carbons (Fsp3) is 0.222. The SMILES string of the molecule is Cc1cc(C)c(O)c(C(=O)O)c1.Cc1cc(C)c(O)c(C(=O)O)c1.Cc1cc(C)c(O)c(C(=O)[O-])c1.[Zr]. The number of carboxylic acids is 3. The van der Waals surface area contributed by atoms with Crippen molar-refractivity contribution in [3.8, 4) is 17.2 Å². The summed E-state index contributed by atoms with van der Waals surface area (Å²) in [5.41, 5.74) is 3.98. The zero-order chi connectivity index (χ0) is 27.9. The first kappa shape index (κ1) is 33.4. The maximum Gasteiger partial charge on any atom is 0.339 e. The molecule has 3 rings (SSSR count). The molecule has 0 atom stereocenters. The first-order valence-electron chi connectivity index (χ1n) is 10.6. The smallest absolute Gasteiger partial charge is 0.339 e. The number of phenols is 3. The molecular formula is C27H29O9Zr-. The van der Waals surface area contributed by atoms with Gasteiger partial charge in [0, 0.05) is 31.8 Å². The first-order valence-corrected chi connectivity index (χ1v) is 10.6. The molecule has 0 aliphatic carbocycles. The molecule has 0 aromatic heterocycles. The molecule has 0 bridgehead atoms. The molecule has 0 saturated carbocycles. The Morgan fingerprint density at radius 1 is 0.541 bits per heavy atom. The Labute approximate surface area is 233 Å². The first-order chi connectivity index (χ1) is 16.6. The maximum atomic E-state index is 10.6. The molecule has 3 aromatic carbocycles. The molecule has 3 aromatic rings. The Bertz CT molecular complexity index is 1150. The predicted octanol–water partition coefficient (Wildman–Crippen LogP) is 3.78. The molecular weight excluding hydrogens is 560 g/mol. The van der Waals surface area contributed by atoms with Gasteiger partial charge < -0.3 is 35.4 Å². The van der Waals surface area contributed by atoms with Crippen molar-refractivity contribution in [2.75, 3.05) is 0 Å². The number of aryl methyl sites for hydroxylation is 6. The number of hydrogen-bond donors (Lipinski definition) is 5. The van der Waals surface area contributed by atoms with Gasteiger partial charge in [-0.15, -0.1) is 0 Å². The molecule has 0 saturated heterocycles. The van der Waals surface area contributed by atoms with E-state index in [2.05, 4.69) is 0 Å². The van der Waals surface area contributed by atoms with Crippen LogP contribution in [-0.2, 0) is 26.2 Å². The Morgan fingerprint density at radius 2 is 0.784 bits per heavy atom. The number of carboxylic acid groups (broad SMARTS) is 3. The van der Waals surface area contributed by atoms with Gasteiger partial charge in [-0.05, 0) is 93.1 Å². The molecule has 0 aliphatic heterocycles. The minimum Gasteiger partial charge on any atom is -0.545 e. The van der Waals surface area contributed by atoms with Gasteiger partial charge in [0.25, 0.3) is 0 Å². The molecule has 5 N–H and O–H groups in total. The average molecular weight is 589 g/mol. The van der Waals surface area contributed by atoms with Crippen LogP contribution in [0.3, 0.4) is 0 Å². The molecule has 0 aliphatic rings. The molecule has 0 fully saturated rings. The van der Waals surface area contributed by atoms with Crippen LogP contribution in [0.25, 0.3) is 0 Å². The van der Waals surface area contributed by atoms with E-state index in [-0.39, 0.29) is 60.1 Å². The van der Waals surface area contributed by atoms with Crippen LogP contribution in [-0.4, -0.2) is 43.4 Å². The van der Waals surface area contributed by atoms with Crippen LogP contribution < -0.4 is 5.11 Å². The van der Waals surface area contributed by atoms with E-state index in [9.17, 15) is 34.8 Å². The number of hydrogen-bond acceptors (Lipinski definition) is 7. The van der Waals surface area contributed by atoms with Gasteiger partial charge in [0.05, 0.1) is 5.97 Å². The zero-order valence-corrected chi connectivity index (χ0v) is 23.8. The molecule has 0 unspecified atom stereocenters. The Morgan fingerprint density at radius 3 is 1.03 bits per heavy atom. The van der Waals surface area contributed by atoms with Crippen molar-refractivity contribution in [2.24, 2.45) is 0 Å². The van der Waals surface area contributed by atoms with Crippen LogP contribution in [0.15, 0.2) is 36.4 Å². The fourth-order valence-electron chi connectivity index (χ4n) is 3.36. The van der Waals surface area contributed by atoms with Crippen LogP contribution in [0.1, 0.15) is 64.5 Å². The van der Waals surface area contributed by atoms with Crippen molar-refractivity contribution < 1.29 is 71.2 Å². The third kappa shape index (κ3) is 9.39. The molecule has 0 radical (unpaired) electrons. The van der Waals surface area contributed by atoms with E-state index in [1.807, 2.05) is 0 Å². The average Bonchev–Trinajstić information content (AvgIpc) is 2.76. The third-order valence-corrected chi connectivity index (χ3v) is 5.02. The Hall–Kier alpha value is -3.65. The molecule has 9 nitrogen and oxygen atoms in total. The van der Waals surface area contributed by atoms with E-state index in [1.54, 1.807) is 59.7 Å². The molecule has 196 valence electrons. The third-order valence-electron chi connectivity index (χ3n) is 5.02. The second kappa shape index (κ2) is 14.2. The van der Waals surface area contributed by atoms with E-state index in [1.165, 1.54) is 18.2 Å². The normalized spacial score (nSPS) is 9.57. The van der Waals surface area contributed by atoms with Gasteiger partial charge in [0.15, 0.2) is 0 Å². The number of carbonyl (C=O) groups is 3. The fourth-order valence-corrected chi connectivity index (χ4v) is 3.36. The van der Waals surface area contributed by atoms with Crippen molar-refractivity contribution in [1.82, 2.24) is 0 Å². The van der Waals surface area contributed by atoms with Gasteiger partial charge in [-0.1, -0.05) is 18.2 Å². The summed E-state index contributed by atoms with van der Waals surface area (Å²) >= 11 is 0. The van der Waals surface area contributed by atoms with Crippen molar-refractivity contribution in [2.45, 2.75) is 41.5 Å². The maximum absolute atomic E-state index is 10.6. The number of carbonyl (C=O) groups excluding carboxylic acids is 1. The molecule has 0 amide bonds. The van der Waals surface area contributed by atoms with E-state index in [0.29, 0.717) is 16.7 Å². The summed E-state index contributed by atoms with van der Waals surface area (Å²) in [5, 5.41) is 55.7. The largest absolute Gasteiger partial charge is 0.545 e. The minimum absolute atomic E-state index is 0. The van der Waals surface area contributed by atoms with Crippen molar-refractivity contribution >= 4 is 17.9 Å². The standard InChI is InChI=1S/3C9H10O3.Zr/c3*1-5-3-6(2)8(10)7(4-5)9(11)12;/h3*3-4,10H,1-2H3,(H,11,12);/p-1. The van der Waals surface area contributed by atoms with E-state index < -0.39 is 17.9 Å². The van der Waals surface area contributed by atoms with Gasteiger partial charge >= 0.3 is 11.9 Å². The quantitative estimate of drug-likeness (QED) is 0.305. The van der Waals surface area contributed by atoms with E-state index in [0.717, 1.165) is 16.7 Å². The van der Waals surface area contributed by atoms with Crippen LogP contribution >= 0.6 is 0 Å². The molecule has 0 spiro atoms. The monoisotopic (exact) mass is 587 g/mol. The summed E-state index contributed by atoms with van der Waals surface area (Å²) < 4.78 is 0. The summed E-state index contributed by atoms with van der Waals surface area (Å²) in [6.07, 6.45) is 0. The van der Waals surface area contributed by atoms with E-state index >= 15 is 0 Å².